The van der Waals surface area contributed by atoms with Crippen molar-refractivity contribution in [3.05, 3.63) is 101 Å². The van der Waals surface area contributed by atoms with Crippen LogP contribution in [0, 0.1) is 0 Å². The molecule has 0 aliphatic heterocycles. The maximum Gasteiger partial charge on any atom is 0.139 e. The maximum absolute atomic E-state index is 15.0. The van der Waals surface area contributed by atoms with Crippen molar-refractivity contribution >= 4 is 11.6 Å². The molecule has 0 radical (unpaired) electrons. The molecule has 2 aromatic carbocycles. The molecule has 158 valence electrons. The number of halogens is 3. The van der Waals surface area contributed by atoms with E-state index in [9.17, 15) is 9.50 Å². The number of aliphatic hydroxyl groups is 1. The first-order chi connectivity index (χ1) is 14.4. The van der Waals surface area contributed by atoms with Crippen molar-refractivity contribution in [2.75, 3.05) is 6.61 Å². The van der Waals surface area contributed by atoms with Gasteiger partial charge in [0, 0.05) is 30.4 Å². The van der Waals surface area contributed by atoms with E-state index in [4.69, 9.17) is 16.3 Å². The minimum absolute atomic E-state index is 0.0919. The lowest BCUT2D eigenvalue weighted by Crippen LogP contribution is -2.31. The average Bonchev–Trinajstić information content (AvgIpc) is 2.73. The van der Waals surface area contributed by atoms with E-state index in [1.807, 2.05) is 49.4 Å². The summed E-state index contributed by atoms with van der Waals surface area (Å²) in [7, 11) is 0. The summed E-state index contributed by atoms with van der Waals surface area (Å²) in [6.07, 6.45) is 5.94. The third-order valence-corrected chi connectivity index (χ3v) is 5.34. The molecule has 0 aromatic heterocycles. The van der Waals surface area contributed by atoms with Gasteiger partial charge in [0.2, 0.25) is 0 Å². The van der Waals surface area contributed by atoms with Gasteiger partial charge >= 0.3 is 0 Å². The number of aliphatic hydroxyl groups excluding tert-OH is 1. The van der Waals surface area contributed by atoms with Gasteiger partial charge in [0.05, 0.1) is 0 Å². The summed E-state index contributed by atoms with van der Waals surface area (Å²) < 4.78 is 36.0. The van der Waals surface area contributed by atoms with Crippen LogP contribution in [0.1, 0.15) is 37.7 Å². The molecule has 1 aliphatic rings. The number of hydrogen-bond acceptors (Lipinski definition) is 2. The number of para-hydroxylation sites is 1. The number of hydrogen-bond donors (Lipinski definition) is 1. The third-order valence-electron chi connectivity index (χ3n) is 5.09. The lowest BCUT2D eigenvalue weighted by molar-refractivity contribution is 0.138. The zero-order chi connectivity index (χ0) is 21.6. The quantitative estimate of drug-likeness (QED) is 0.485. The van der Waals surface area contributed by atoms with E-state index < -0.39 is 23.2 Å². The smallest absolute Gasteiger partial charge is 0.139 e. The highest BCUT2D eigenvalue weighted by Crippen LogP contribution is 2.37. The van der Waals surface area contributed by atoms with Crippen LogP contribution in [0.5, 0.6) is 5.75 Å². The van der Waals surface area contributed by atoms with Gasteiger partial charge in [0.25, 0.3) is 0 Å². The first kappa shape index (κ1) is 22.3. The highest BCUT2D eigenvalue weighted by atomic mass is 35.5. The molecule has 0 heterocycles. The maximum atomic E-state index is 15.0. The molecule has 5 heteroatoms. The number of ether oxygens (including phenoxy) is 1. The zero-order valence-corrected chi connectivity index (χ0v) is 17.6. The van der Waals surface area contributed by atoms with Gasteiger partial charge in [-0.25, -0.2) is 8.78 Å². The fraction of sp³-hybridized carbons (Fsp3) is 0.280. The van der Waals surface area contributed by atoms with E-state index in [1.165, 1.54) is 0 Å². The van der Waals surface area contributed by atoms with Crippen LogP contribution in [0.15, 0.2) is 90.1 Å². The highest BCUT2D eigenvalue weighted by molar-refractivity contribution is 6.30. The van der Waals surface area contributed by atoms with Gasteiger partial charge < -0.3 is 9.84 Å². The molecule has 0 bridgehead atoms. The van der Waals surface area contributed by atoms with Crippen molar-refractivity contribution in [1.82, 2.24) is 0 Å². The van der Waals surface area contributed by atoms with Crippen molar-refractivity contribution in [2.24, 2.45) is 0 Å². The highest BCUT2D eigenvalue weighted by Gasteiger charge is 2.28. The molecule has 2 atom stereocenters. The lowest BCUT2D eigenvalue weighted by atomic mass is 9.88. The predicted octanol–water partition coefficient (Wildman–Crippen LogP) is 7.07. The molecular formula is C25H25ClF2O2. The Morgan fingerprint density at radius 1 is 1.13 bits per heavy atom. The summed E-state index contributed by atoms with van der Waals surface area (Å²) in [6, 6.07) is 16.0. The van der Waals surface area contributed by atoms with Gasteiger partial charge in [0.1, 0.15) is 23.0 Å². The summed E-state index contributed by atoms with van der Waals surface area (Å²) in [5.41, 5.74) is 0.682. The Balaban J connectivity index is 1.74. The minimum Gasteiger partial charge on any atom is -0.483 e. The number of rotatable bonds is 8. The minimum atomic E-state index is -0.854. The predicted molar refractivity (Wildman–Crippen MR) is 117 cm³/mol. The van der Waals surface area contributed by atoms with E-state index in [1.54, 1.807) is 30.3 Å². The van der Waals surface area contributed by atoms with Gasteiger partial charge in [-0.2, -0.15) is 0 Å². The summed E-state index contributed by atoms with van der Waals surface area (Å²) in [5.74, 6) is -1.81. The third kappa shape index (κ3) is 5.80. The van der Waals surface area contributed by atoms with Crippen molar-refractivity contribution in [3.63, 3.8) is 0 Å². The second-order valence-corrected chi connectivity index (χ2v) is 8.07. The summed E-state index contributed by atoms with van der Waals surface area (Å²) in [6.45, 7) is 1.67. The Labute approximate surface area is 181 Å². The van der Waals surface area contributed by atoms with Crippen LogP contribution in [0.3, 0.4) is 0 Å². The molecule has 1 aliphatic carbocycles. The summed E-state index contributed by atoms with van der Waals surface area (Å²) in [4.78, 5) is 0. The van der Waals surface area contributed by atoms with E-state index in [-0.39, 0.29) is 19.4 Å². The summed E-state index contributed by atoms with van der Waals surface area (Å²) in [5, 5.41) is 9.86. The fourth-order valence-electron chi connectivity index (χ4n) is 3.64. The zero-order valence-electron chi connectivity index (χ0n) is 16.8. The van der Waals surface area contributed by atoms with Gasteiger partial charge in [0.15, 0.2) is 0 Å². The monoisotopic (exact) mass is 430 g/mol. The molecule has 2 unspecified atom stereocenters. The van der Waals surface area contributed by atoms with Crippen LogP contribution in [0.25, 0.3) is 0 Å². The molecule has 1 N–H and O–H groups in total. The van der Waals surface area contributed by atoms with Crippen LogP contribution in [0.2, 0.25) is 5.02 Å². The van der Waals surface area contributed by atoms with E-state index in [2.05, 4.69) is 0 Å². The Morgan fingerprint density at radius 3 is 2.50 bits per heavy atom. The molecule has 0 amide bonds. The van der Waals surface area contributed by atoms with E-state index >= 15 is 4.39 Å². The average molecular weight is 431 g/mol. The molecule has 2 aromatic rings. The lowest BCUT2D eigenvalue weighted by Gasteiger charge is -2.31. The van der Waals surface area contributed by atoms with Crippen LogP contribution < -0.4 is 4.74 Å². The standard InChI is InChI=1S/C25H25ClF2O2/c1-25(30-21-7-3-2-4-8-21)14-5-6-18(17-25)16-23(27)24(28)22(13-15-29)19-9-11-20(26)12-10-19/h2-12,14,22,29H,13,15-17H2,1H3/b24-23+. The second kappa shape index (κ2) is 10.1. The van der Waals surface area contributed by atoms with Crippen LogP contribution in [-0.4, -0.2) is 17.3 Å². The van der Waals surface area contributed by atoms with Crippen molar-refractivity contribution in [2.45, 2.75) is 37.7 Å². The topological polar surface area (TPSA) is 29.5 Å². The first-order valence-corrected chi connectivity index (χ1v) is 10.3. The number of allylic oxidation sites excluding steroid dienone is 4. The van der Waals surface area contributed by atoms with Crippen molar-refractivity contribution in [1.29, 1.82) is 0 Å². The second-order valence-electron chi connectivity index (χ2n) is 7.63. The Bertz CT molecular complexity index is 935. The SMILES string of the molecule is CC1(Oc2ccccc2)C=CC=C(C/C(F)=C(\F)C(CCO)c2ccc(Cl)cc2)C1. The van der Waals surface area contributed by atoms with Gasteiger partial charge in [-0.05, 0) is 49.2 Å². The molecule has 2 nitrogen and oxygen atoms in total. The fourth-order valence-corrected chi connectivity index (χ4v) is 3.77. The molecule has 0 spiro atoms. The van der Waals surface area contributed by atoms with Crippen LogP contribution in [0.4, 0.5) is 8.78 Å². The van der Waals surface area contributed by atoms with Gasteiger partial charge in [-0.1, -0.05) is 59.7 Å². The molecule has 0 saturated carbocycles. The van der Waals surface area contributed by atoms with Crippen molar-refractivity contribution in [3.8, 4) is 5.75 Å². The number of benzene rings is 2. The van der Waals surface area contributed by atoms with Gasteiger partial charge in [-0.15, -0.1) is 0 Å². The van der Waals surface area contributed by atoms with E-state index in [0.29, 0.717) is 17.0 Å². The van der Waals surface area contributed by atoms with Gasteiger partial charge in [-0.3, -0.25) is 0 Å². The first-order valence-electron chi connectivity index (χ1n) is 9.92. The Kier molecular flexibility index (Phi) is 7.46. The molecule has 0 saturated heterocycles. The van der Waals surface area contributed by atoms with Crippen LogP contribution in [-0.2, 0) is 0 Å². The van der Waals surface area contributed by atoms with Crippen LogP contribution >= 0.6 is 11.6 Å². The Hall–Kier alpha value is -2.43. The largest absolute Gasteiger partial charge is 0.483 e. The Morgan fingerprint density at radius 2 is 1.83 bits per heavy atom. The normalized spacial score (nSPS) is 20.4. The molecule has 0 fully saturated rings. The summed E-state index contributed by atoms with van der Waals surface area (Å²) >= 11 is 5.89. The van der Waals surface area contributed by atoms with E-state index in [0.717, 1.165) is 11.3 Å². The molecule has 30 heavy (non-hydrogen) atoms. The van der Waals surface area contributed by atoms with Crippen molar-refractivity contribution < 1.29 is 18.6 Å². The molecular weight excluding hydrogens is 406 g/mol. The molecule has 3 rings (SSSR count).